The van der Waals surface area contributed by atoms with E-state index in [1.807, 2.05) is 49.4 Å². The van der Waals surface area contributed by atoms with Gasteiger partial charge in [-0.15, -0.1) is 5.10 Å². The molecule has 1 aromatic heterocycles. The first-order chi connectivity index (χ1) is 15.6. The number of hydrogen-bond donors (Lipinski definition) is 1. The lowest BCUT2D eigenvalue weighted by Crippen LogP contribution is -2.19. The number of hydrazone groups is 1. The monoisotopic (exact) mass is 426 g/mol. The van der Waals surface area contributed by atoms with E-state index >= 15 is 0 Å². The topological polar surface area (TPSA) is 94.3 Å². The lowest BCUT2D eigenvalue weighted by Gasteiger charge is -2.09. The maximum absolute atomic E-state index is 12.5. The van der Waals surface area contributed by atoms with E-state index in [9.17, 15) is 4.79 Å². The molecule has 1 heterocycles. The number of carbonyl (C=O) groups is 1. The van der Waals surface area contributed by atoms with Gasteiger partial charge in [0.25, 0.3) is 5.91 Å². The van der Waals surface area contributed by atoms with E-state index in [1.54, 1.807) is 28.9 Å². The molecule has 0 bridgehead atoms. The molecule has 3 aromatic carbocycles. The number of carbonyl (C=O) groups excluding carboxylic acids is 1. The van der Waals surface area contributed by atoms with Crippen molar-refractivity contribution in [3.63, 3.8) is 0 Å². The maximum atomic E-state index is 12.5. The van der Waals surface area contributed by atoms with Crippen molar-refractivity contribution in [1.82, 2.24) is 25.6 Å². The lowest BCUT2D eigenvalue weighted by molar-refractivity contribution is 0.0955. The number of aryl methyl sites for hydroxylation is 1. The van der Waals surface area contributed by atoms with Crippen molar-refractivity contribution in [1.29, 1.82) is 0 Å². The van der Waals surface area contributed by atoms with Gasteiger partial charge in [-0.05, 0) is 77.4 Å². The minimum Gasteiger partial charge on any atom is -0.489 e. The van der Waals surface area contributed by atoms with Crippen LogP contribution >= 0.6 is 0 Å². The molecule has 0 spiro atoms. The first-order valence-electron chi connectivity index (χ1n) is 10.1. The molecule has 0 aliphatic heterocycles. The van der Waals surface area contributed by atoms with Crippen LogP contribution in [-0.2, 0) is 6.61 Å². The van der Waals surface area contributed by atoms with Crippen molar-refractivity contribution >= 4 is 11.6 Å². The third-order valence-electron chi connectivity index (χ3n) is 4.97. The summed E-state index contributed by atoms with van der Waals surface area (Å²) in [6.45, 7) is 4.35. The molecule has 0 aliphatic rings. The Labute approximate surface area is 185 Å². The Morgan fingerprint density at radius 3 is 2.59 bits per heavy atom. The molecular weight excluding hydrogens is 404 g/mol. The molecule has 4 rings (SSSR count). The SMILES string of the molecule is C/C(=N\NC(=O)c1ccc(OCc2ccccc2C)cc1)c1cccc(-n2cnnn2)c1. The summed E-state index contributed by atoms with van der Waals surface area (Å²) in [7, 11) is 0. The predicted molar refractivity (Wildman–Crippen MR) is 121 cm³/mol. The zero-order valence-corrected chi connectivity index (χ0v) is 17.8. The standard InChI is InChI=1S/C24H22N6O2/c1-17-6-3-4-7-21(17)15-32-23-12-10-19(11-13-23)24(31)27-26-18(2)20-8-5-9-22(14-20)30-16-25-28-29-30/h3-14,16H,15H2,1-2H3,(H,27,31)/b26-18+. The molecule has 1 amide bonds. The van der Waals surface area contributed by atoms with Crippen LogP contribution in [0.4, 0.5) is 0 Å². The third kappa shape index (κ3) is 5.04. The van der Waals surface area contributed by atoms with Crippen LogP contribution in [0.2, 0.25) is 0 Å². The number of amides is 1. The fourth-order valence-electron chi connectivity index (χ4n) is 3.05. The summed E-state index contributed by atoms with van der Waals surface area (Å²) in [6, 6.07) is 22.6. The molecule has 0 fully saturated rings. The Balaban J connectivity index is 1.37. The van der Waals surface area contributed by atoms with Gasteiger partial charge >= 0.3 is 0 Å². The van der Waals surface area contributed by atoms with Crippen molar-refractivity contribution in [3.8, 4) is 11.4 Å². The number of nitrogens with zero attached hydrogens (tertiary/aromatic N) is 5. The highest BCUT2D eigenvalue weighted by Gasteiger charge is 2.07. The second-order valence-electron chi connectivity index (χ2n) is 7.18. The van der Waals surface area contributed by atoms with Gasteiger partial charge < -0.3 is 4.74 Å². The number of ether oxygens (including phenoxy) is 1. The van der Waals surface area contributed by atoms with Gasteiger partial charge in [0, 0.05) is 5.56 Å². The molecule has 8 nitrogen and oxygen atoms in total. The minimum absolute atomic E-state index is 0.300. The number of nitrogens with one attached hydrogen (secondary N) is 1. The predicted octanol–water partition coefficient (Wildman–Crippen LogP) is 3.70. The molecule has 0 radical (unpaired) electrons. The Bertz CT molecular complexity index is 1230. The second-order valence-corrected chi connectivity index (χ2v) is 7.18. The van der Waals surface area contributed by atoms with Gasteiger partial charge in [-0.1, -0.05) is 36.4 Å². The molecule has 0 aliphatic carbocycles. The lowest BCUT2D eigenvalue weighted by atomic mass is 10.1. The normalized spacial score (nSPS) is 11.2. The summed E-state index contributed by atoms with van der Waals surface area (Å²) in [4.78, 5) is 12.5. The minimum atomic E-state index is -0.300. The Morgan fingerprint density at radius 2 is 1.84 bits per heavy atom. The van der Waals surface area contributed by atoms with E-state index in [1.165, 1.54) is 11.9 Å². The van der Waals surface area contributed by atoms with E-state index < -0.39 is 0 Å². The van der Waals surface area contributed by atoms with Gasteiger partial charge in [0.1, 0.15) is 18.7 Å². The van der Waals surface area contributed by atoms with Gasteiger partial charge in [-0.3, -0.25) is 4.79 Å². The summed E-state index contributed by atoms with van der Waals surface area (Å²) in [5.41, 5.74) is 7.70. The highest BCUT2D eigenvalue weighted by molar-refractivity contribution is 6.01. The summed E-state index contributed by atoms with van der Waals surface area (Å²) in [6.07, 6.45) is 1.52. The average molecular weight is 426 g/mol. The van der Waals surface area contributed by atoms with Crippen molar-refractivity contribution in [3.05, 3.63) is 101 Å². The maximum Gasteiger partial charge on any atom is 0.271 e. The summed E-state index contributed by atoms with van der Waals surface area (Å²) >= 11 is 0. The van der Waals surface area contributed by atoms with Gasteiger partial charge in [0.2, 0.25) is 0 Å². The second kappa shape index (κ2) is 9.65. The molecule has 0 saturated carbocycles. The van der Waals surface area contributed by atoms with Gasteiger partial charge in [0.05, 0.1) is 11.4 Å². The zero-order valence-electron chi connectivity index (χ0n) is 17.8. The van der Waals surface area contributed by atoms with Gasteiger partial charge in [-0.25, -0.2) is 10.1 Å². The molecule has 8 heteroatoms. The fraction of sp³-hybridized carbons (Fsp3) is 0.125. The van der Waals surface area contributed by atoms with Crippen LogP contribution < -0.4 is 10.2 Å². The van der Waals surface area contributed by atoms with E-state index in [2.05, 4.69) is 39.0 Å². The largest absolute Gasteiger partial charge is 0.489 e. The molecule has 0 unspecified atom stereocenters. The highest BCUT2D eigenvalue weighted by atomic mass is 16.5. The van der Waals surface area contributed by atoms with Crippen LogP contribution in [-0.4, -0.2) is 31.8 Å². The van der Waals surface area contributed by atoms with Crippen molar-refractivity contribution < 1.29 is 9.53 Å². The zero-order chi connectivity index (χ0) is 22.3. The van der Waals surface area contributed by atoms with Crippen molar-refractivity contribution in [2.24, 2.45) is 5.10 Å². The number of hydrogen-bond acceptors (Lipinski definition) is 6. The van der Waals surface area contributed by atoms with Gasteiger partial charge in [-0.2, -0.15) is 5.10 Å². The molecular formula is C24H22N6O2. The number of tetrazole rings is 1. The van der Waals surface area contributed by atoms with E-state index in [0.717, 1.165) is 16.8 Å². The summed E-state index contributed by atoms with van der Waals surface area (Å²) in [5, 5.41) is 15.4. The van der Waals surface area contributed by atoms with Crippen LogP contribution in [0.5, 0.6) is 5.75 Å². The number of aromatic nitrogens is 4. The molecule has 0 atom stereocenters. The first kappa shape index (κ1) is 20.9. The van der Waals surface area contributed by atoms with E-state index in [4.69, 9.17) is 4.74 Å². The first-order valence-corrected chi connectivity index (χ1v) is 10.1. The molecule has 160 valence electrons. The Morgan fingerprint density at radius 1 is 1.03 bits per heavy atom. The Kier molecular flexibility index (Phi) is 6.31. The van der Waals surface area contributed by atoms with Crippen LogP contribution in [0.3, 0.4) is 0 Å². The third-order valence-corrected chi connectivity index (χ3v) is 4.97. The average Bonchev–Trinajstić information content (AvgIpc) is 3.37. The van der Waals surface area contributed by atoms with E-state index in [-0.39, 0.29) is 5.91 Å². The number of benzene rings is 3. The van der Waals surface area contributed by atoms with Gasteiger partial charge in [0.15, 0.2) is 0 Å². The summed E-state index contributed by atoms with van der Waals surface area (Å²) in [5.74, 6) is 0.398. The van der Waals surface area contributed by atoms with Crippen LogP contribution in [0.25, 0.3) is 5.69 Å². The van der Waals surface area contributed by atoms with Crippen molar-refractivity contribution in [2.75, 3.05) is 0 Å². The molecule has 1 N–H and O–H groups in total. The van der Waals surface area contributed by atoms with Crippen LogP contribution in [0.1, 0.15) is 34.0 Å². The van der Waals surface area contributed by atoms with Crippen molar-refractivity contribution in [2.45, 2.75) is 20.5 Å². The van der Waals surface area contributed by atoms with Crippen LogP contribution in [0.15, 0.2) is 84.2 Å². The number of rotatable bonds is 7. The van der Waals surface area contributed by atoms with Crippen LogP contribution in [0, 0.1) is 6.92 Å². The Hall–Kier alpha value is -4.33. The molecule has 4 aromatic rings. The fourth-order valence-corrected chi connectivity index (χ4v) is 3.05. The smallest absolute Gasteiger partial charge is 0.271 e. The van der Waals surface area contributed by atoms with E-state index in [0.29, 0.717) is 23.6 Å². The summed E-state index contributed by atoms with van der Waals surface area (Å²) < 4.78 is 7.38. The molecule has 32 heavy (non-hydrogen) atoms. The highest BCUT2D eigenvalue weighted by Crippen LogP contribution is 2.16. The molecule has 0 saturated heterocycles. The quantitative estimate of drug-likeness (QED) is 0.359.